The van der Waals surface area contributed by atoms with Crippen LogP contribution in [-0.2, 0) is 35.2 Å². The van der Waals surface area contributed by atoms with Gasteiger partial charge in [0.2, 0.25) is 29.5 Å². The first kappa shape index (κ1) is 31.2. The fourth-order valence-corrected chi connectivity index (χ4v) is 3.35. The van der Waals surface area contributed by atoms with Gasteiger partial charge in [-0.05, 0) is 37.0 Å². The zero-order valence-electron chi connectivity index (χ0n) is 19.9. The van der Waals surface area contributed by atoms with E-state index in [1.54, 1.807) is 12.1 Å². The van der Waals surface area contributed by atoms with Crippen LogP contribution in [0.3, 0.4) is 0 Å². The summed E-state index contributed by atoms with van der Waals surface area (Å²) in [5.41, 5.74) is 16.7. The number of aromatic hydroxyl groups is 1. The summed E-state index contributed by atoms with van der Waals surface area (Å²) in [7, 11) is 0. The van der Waals surface area contributed by atoms with Crippen LogP contribution in [0.2, 0.25) is 0 Å². The first-order chi connectivity index (χ1) is 17.3. The Morgan fingerprint density at radius 3 is 1.73 bits per heavy atom. The largest absolute Gasteiger partial charge is 0.508 e. The summed E-state index contributed by atoms with van der Waals surface area (Å²) < 4.78 is 0. The Morgan fingerprint density at radius 1 is 0.784 bits per heavy atom. The van der Waals surface area contributed by atoms with Crippen molar-refractivity contribution < 1.29 is 39.0 Å². The number of carbonyl (C=O) groups excluding carboxylic acids is 5. The third kappa shape index (κ3) is 11.6. The number of primary amides is 2. The van der Waals surface area contributed by atoms with E-state index in [1.807, 2.05) is 0 Å². The number of nitrogens with one attached hydrogen (secondary N) is 3. The van der Waals surface area contributed by atoms with Crippen molar-refractivity contribution in [1.82, 2.24) is 16.0 Å². The maximum Gasteiger partial charge on any atom is 0.326 e. The number of amides is 5. The Morgan fingerprint density at radius 2 is 1.24 bits per heavy atom. The minimum absolute atomic E-state index is 0.0473. The molecule has 0 aliphatic rings. The predicted molar refractivity (Wildman–Crippen MR) is 134 cm³/mol. The molecule has 4 atom stereocenters. The predicted octanol–water partition coefficient (Wildman–Crippen LogP) is -2.74. The summed E-state index contributed by atoms with van der Waals surface area (Å²) in [6.45, 7) is 0. The molecule has 0 aromatic heterocycles. The number of rotatable bonds is 16. The maximum atomic E-state index is 12.8. The van der Waals surface area contributed by atoms with E-state index in [-0.39, 0.29) is 43.6 Å². The quantitative estimate of drug-likeness (QED) is 0.0984. The number of nitrogens with two attached hydrogens (primary N) is 3. The van der Waals surface area contributed by atoms with Crippen molar-refractivity contribution in [3.63, 3.8) is 0 Å². The molecule has 1 rings (SSSR count). The lowest BCUT2D eigenvalue weighted by atomic mass is 10.1. The lowest BCUT2D eigenvalue weighted by Crippen LogP contribution is -2.58. The third-order valence-corrected chi connectivity index (χ3v) is 5.52. The summed E-state index contributed by atoms with van der Waals surface area (Å²) >= 11 is 4.06. The Balaban J connectivity index is 2.87. The zero-order valence-corrected chi connectivity index (χ0v) is 20.8. The fraction of sp³-hybridized carbons (Fsp3) is 0.455. The smallest absolute Gasteiger partial charge is 0.326 e. The lowest BCUT2D eigenvalue weighted by molar-refractivity contribution is -0.142. The van der Waals surface area contributed by atoms with Crippen molar-refractivity contribution in [3.05, 3.63) is 29.8 Å². The summed E-state index contributed by atoms with van der Waals surface area (Å²) in [5.74, 6) is -5.57. The number of phenolic OH excluding ortho intramolecular Hbond substituents is 1. The highest BCUT2D eigenvalue weighted by Gasteiger charge is 2.30. The van der Waals surface area contributed by atoms with Gasteiger partial charge in [-0.2, -0.15) is 12.6 Å². The molecule has 0 saturated heterocycles. The molecule has 14 nitrogen and oxygen atoms in total. The molecule has 0 bridgehead atoms. The highest BCUT2D eigenvalue weighted by Crippen LogP contribution is 2.11. The van der Waals surface area contributed by atoms with Crippen molar-refractivity contribution in [3.8, 4) is 5.75 Å². The van der Waals surface area contributed by atoms with Crippen LogP contribution in [-0.4, -0.2) is 75.6 Å². The molecule has 11 N–H and O–H groups in total. The standard InChI is InChI=1S/C22H32N6O8S/c23-13(9-11-1-3-12(29)4-2-11)19(32)28-16(10-37)21(34)26-14(5-7-17(24)30)20(33)27-15(22(35)36)6-8-18(25)31/h1-4,13-16,29,37H,5-10,23H2,(H2,24,30)(H2,25,31)(H,26,34)(H,27,33)(H,28,32)(H,35,36). The molecule has 37 heavy (non-hydrogen) atoms. The molecule has 5 amide bonds. The van der Waals surface area contributed by atoms with Crippen molar-refractivity contribution >= 4 is 48.1 Å². The number of aliphatic carboxylic acids is 1. The summed E-state index contributed by atoms with van der Waals surface area (Å²) in [6.07, 6.45) is -1.07. The molecule has 0 spiro atoms. The second-order valence-electron chi connectivity index (χ2n) is 8.19. The van der Waals surface area contributed by atoms with Crippen LogP contribution in [0.25, 0.3) is 0 Å². The number of carboxylic acids is 1. The first-order valence-electron chi connectivity index (χ1n) is 11.2. The number of hydrogen-bond acceptors (Lipinski definition) is 9. The second kappa shape index (κ2) is 15.3. The van der Waals surface area contributed by atoms with E-state index in [4.69, 9.17) is 17.2 Å². The molecule has 4 unspecified atom stereocenters. The third-order valence-electron chi connectivity index (χ3n) is 5.15. The zero-order chi connectivity index (χ0) is 28.1. The van der Waals surface area contributed by atoms with Crippen molar-refractivity contribution in [2.75, 3.05) is 5.75 Å². The Kier molecular flexibility index (Phi) is 12.9. The van der Waals surface area contributed by atoms with Gasteiger partial charge in [-0.1, -0.05) is 12.1 Å². The molecular weight excluding hydrogens is 508 g/mol. The molecular formula is C22H32N6O8S. The average Bonchev–Trinajstić information content (AvgIpc) is 2.83. The van der Waals surface area contributed by atoms with Crippen LogP contribution in [0.1, 0.15) is 31.2 Å². The van der Waals surface area contributed by atoms with E-state index in [0.29, 0.717) is 5.56 Å². The topological polar surface area (TPSA) is 257 Å². The van der Waals surface area contributed by atoms with E-state index in [0.717, 1.165) is 0 Å². The molecule has 15 heteroatoms. The fourth-order valence-electron chi connectivity index (χ4n) is 3.10. The van der Waals surface area contributed by atoms with E-state index in [2.05, 4.69) is 28.6 Å². The van der Waals surface area contributed by atoms with E-state index < -0.39 is 59.7 Å². The molecule has 1 aromatic rings. The minimum Gasteiger partial charge on any atom is -0.508 e. The highest BCUT2D eigenvalue weighted by molar-refractivity contribution is 7.80. The molecule has 0 aliphatic carbocycles. The number of carbonyl (C=O) groups is 6. The van der Waals surface area contributed by atoms with Gasteiger partial charge in [-0.25, -0.2) is 4.79 Å². The summed E-state index contributed by atoms with van der Waals surface area (Å²) in [4.78, 5) is 71.7. The second-order valence-corrected chi connectivity index (χ2v) is 8.56. The van der Waals surface area contributed by atoms with Gasteiger partial charge in [0, 0.05) is 18.6 Å². The van der Waals surface area contributed by atoms with Crippen LogP contribution in [0.4, 0.5) is 0 Å². The van der Waals surface area contributed by atoms with E-state index in [1.165, 1.54) is 12.1 Å². The van der Waals surface area contributed by atoms with Crippen molar-refractivity contribution in [2.45, 2.75) is 56.3 Å². The Labute approximate surface area is 218 Å². The first-order valence-corrected chi connectivity index (χ1v) is 11.8. The van der Waals surface area contributed by atoms with Gasteiger partial charge in [0.05, 0.1) is 6.04 Å². The summed E-state index contributed by atoms with van der Waals surface area (Å²) in [5, 5.41) is 25.6. The number of benzene rings is 1. The van der Waals surface area contributed by atoms with Gasteiger partial charge in [0.1, 0.15) is 23.9 Å². The van der Waals surface area contributed by atoms with Gasteiger partial charge in [-0.3, -0.25) is 24.0 Å². The van der Waals surface area contributed by atoms with Crippen LogP contribution >= 0.6 is 12.6 Å². The number of hydrogen-bond donors (Lipinski definition) is 9. The average molecular weight is 541 g/mol. The lowest BCUT2D eigenvalue weighted by Gasteiger charge is -2.24. The van der Waals surface area contributed by atoms with E-state index >= 15 is 0 Å². The molecule has 0 heterocycles. The van der Waals surface area contributed by atoms with Gasteiger partial charge in [-0.15, -0.1) is 0 Å². The van der Waals surface area contributed by atoms with Gasteiger partial charge >= 0.3 is 5.97 Å². The molecule has 1 aromatic carbocycles. The van der Waals surface area contributed by atoms with Crippen LogP contribution in [0.15, 0.2) is 24.3 Å². The number of carboxylic acid groups (broad SMARTS) is 1. The van der Waals surface area contributed by atoms with Gasteiger partial charge in [0.15, 0.2) is 0 Å². The summed E-state index contributed by atoms with van der Waals surface area (Å²) in [6, 6.07) is 0.897. The molecule has 0 fully saturated rings. The minimum atomic E-state index is -1.48. The van der Waals surface area contributed by atoms with Crippen LogP contribution in [0, 0.1) is 0 Å². The van der Waals surface area contributed by atoms with Gasteiger partial charge in [0.25, 0.3) is 0 Å². The van der Waals surface area contributed by atoms with Crippen LogP contribution in [0.5, 0.6) is 5.75 Å². The Hall–Kier alpha value is -3.85. The van der Waals surface area contributed by atoms with Gasteiger partial charge < -0.3 is 43.4 Å². The molecule has 0 radical (unpaired) electrons. The highest BCUT2D eigenvalue weighted by atomic mass is 32.1. The molecule has 0 saturated carbocycles. The van der Waals surface area contributed by atoms with Crippen molar-refractivity contribution in [1.29, 1.82) is 0 Å². The normalized spacial score (nSPS) is 13.9. The number of thiol groups is 1. The van der Waals surface area contributed by atoms with Crippen LogP contribution < -0.4 is 33.2 Å². The Bertz CT molecular complexity index is 990. The molecule has 204 valence electrons. The maximum absolute atomic E-state index is 12.8. The molecule has 0 aliphatic heterocycles. The van der Waals surface area contributed by atoms with Crippen molar-refractivity contribution in [2.24, 2.45) is 17.2 Å². The van der Waals surface area contributed by atoms with E-state index in [9.17, 15) is 39.0 Å². The number of phenols is 1. The SMILES string of the molecule is NC(=O)CCC(NC(=O)C(CCC(N)=O)NC(=O)C(CS)NC(=O)C(N)Cc1ccc(O)cc1)C(=O)O. The monoisotopic (exact) mass is 540 g/mol.